The fourth-order valence-electron chi connectivity index (χ4n) is 2.58. The van der Waals surface area contributed by atoms with Gasteiger partial charge in [0.05, 0.1) is 25.8 Å². The van der Waals surface area contributed by atoms with Crippen LogP contribution in [0.5, 0.6) is 11.5 Å². The molecule has 1 saturated heterocycles. The Morgan fingerprint density at radius 2 is 2.09 bits per heavy atom. The van der Waals surface area contributed by atoms with Crippen LogP contribution in [0, 0.1) is 5.92 Å². The minimum absolute atomic E-state index is 0.000197. The zero-order valence-corrected chi connectivity index (χ0v) is 13.5. The van der Waals surface area contributed by atoms with Gasteiger partial charge in [-0.3, -0.25) is 9.59 Å². The average molecular weight is 306 g/mol. The number of carbonyl (C=O) groups is 2. The summed E-state index contributed by atoms with van der Waals surface area (Å²) >= 11 is 0. The maximum absolute atomic E-state index is 12.3. The van der Waals surface area contributed by atoms with Crippen LogP contribution in [0.3, 0.4) is 0 Å². The van der Waals surface area contributed by atoms with Gasteiger partial charge in [-0.1, -0.05) is 0 Å². The lowest BCUT2D eigenvalue weighted by Crippen LogP contribution is -2.34. The van der Waals surface area contributed by atoms with Crippen LogP contribution in [0.2, 0.25) is 0 Å². The molecule has 1 unspecified atom stereocenters. The van der Waals surface area contributed by atoms with E-state index in [0.717, 1.165) is 0 Å². The van der Waals surface area contributed by atoms with Crippen molar-refractivity contribution >= 4 is 17.5 Å². The van der Waals surface area contributed by atoms with Crippen LogP contribution in [0.15, 0.2) is 18.2 Å². The molecule has 0 aliphatic carbocycles. The second-order valence-corrected chi connectivity index (χ2v) is 5.30. The Morgan fingerprint density at radius 1 is 1.36 bits per heavy atom. The Bertz CT molecular complexity index is 573. The molecule has 1 aliphatic heterocycles. The number of nitrogens with zero attached hydrogens (tertiary/aromatic N) is 2. The quantitative estimate of drug-likeness (QED) is 0.828. The number of anilines is 1. The number of amides is 2. The van der Waals surface area contributed by atoms with Crippen LogP contribution in [-0.4, -0.2) is 51.1 Å². The Hall–Kier alpha value is -2.24. The number of methoxy groups -OCH3 is 2. The summed E-state index contributed by atoms with van der Waals surface area (Å²) in [5, 5.41) is 0. The highest BCUT2D eigenvalue weighted by Gasteiger charge is 2.37. The molecule has 0 aromatic heterocycles. The van der Waals surface area contributed by atoms with E-state index in [9.17, 15) is 9.59 Å². The number of carbonyl (C=O) groups excluding carboxylic acids is 2. The highest BCUT2D eigenvalue weighted by atomic mass is 16.5. The van der Waals surface area contributed by atoms with Gasteiger partial charge in [0.2, 0.25) is 11.8 Å². The average Bonchev–Trinajstić information content (AvgIpc) is 2.94. The van der Waals surface area contributed by atoms with Gasteiger partial charge in [0, 0.05) is 32.6 Å². The first-order chi connectivity index (χ1) is 10.5. The fraction of sp³-hybridized carbons (Fsp3) is 0.500. The van der Waals surface area contributed by atoms with Gasteiger partial charge in [-0.25, -0.2) is 0 Å². The van der Waals surface area contributed by atoms with Crippen molar-refractivity contribution in [3.05, 3.63) is 18.2 Å². The standard InChI is InChI=1S/C16H22N2O4/c1-5-17(2)16(20)11-8-15(19)18(10-11)13-9-12(21-3)6-7-14(13)22-4/h6-7,9,11H,5,8,10H2,1-4H3. The topological polar surface area (TPSA) is 59.1 Å². The molecule has 1 fully saturated rings. The molecule has 2 rings (SSSR count). The first kappa shape index (κ1) is 16.1. The van der Waals surface area contributed by atoms with E-state index in [-0.39, 0.29) is 24.2 Å². The largest absolute Gasteiger partial charge is 0.497 e. The van der Waals surface area contributed by atoms with Gasteiger partial charge in [-0.2, -0.15) is 0 Å². The third kappa shape index (κ3) is 3.00. The summed E-state index contributed by atoms with van der Waals surface area (Å²) in [6, 6.07) is 5.29. The molecule has 1 aliphatic rings. The molecular formula is C16H22N2O4. The van der Waals surface area contributed by atoms with Crippen LogP contribution in [0.1, 0.15) is 13.3 Å². The molecule has 22 heavy (non-hydrogen) atoms. The van der Waals surface area contributed by atoms with Gasteiger partial charge in [0.25, 0.3) is 0 Å². The predicted molar refractivity (Wildman–Crippen MR) is 83.3 cm³/mol. The Morgan fingerprint density at radius 3 is 2.68 bits per heavy atom. The van der Waals surface area contributed by atoms with Crippen LogP contribution in [-0.2, 0) is 9.59 Å². The van der Waals surface area contributed by atoms with Crippen LogP contribution in [0.4, 0.5) is 5.69 Å². The zero-order chi connectivity index (χ0) is 16.3. The van der Waals surface area contributed by atoms with E-state index in [4.69, 9.17) is 9.47 Å². The second-order valence-electron chi connectivity index (χ2n) is 5.30. The van der Waals surface area contributed by atoms with Crippen molar-refractivity contribution in [3.63, 3.8) is 0 Å². The number of ether oxygens (including phenoxy) is 2. The Labute approximate surface area is 130 Å². The minimum Gasteiger partial charge on any atom is -0.497 e. The molecular weight excluding hydrogens is 284 g/mol. The van der Waals surface area contributed by atoms with Crippen LogP contribution < -0.4 is 14.4 Å². The van der Waals surface area contributed by atoms with Crippen molar-refractivity contribution in [1.29, 1.82) is 0 Å². The highest BCUT2D eigenvalue weighted by Crippen LogP contribution is 2.36. The predicted octanol–water partition coefficient (Wildman–Crippen LogP) is 1.53. The summed E-state index contributed by atoms with van der Waals surface area (Å²) in [5.41, 5.74) is 0.640. The van der Waals surface area contributed by atoms with Crippen LogP contribution in [0.25, 0.3) is 0 Å². The number of benzene rings is 1. The van der Waals surface area contributed by atoms with Gasteiger partial charge in [-0.15, -0.1) is 0 Å². The molecule has 6 nitrogen and oxygen atoms in total. The Balaban J connectivity index is 2.26. The third-order valence-electron chi connectivity index (χ3n) is 4.00. The SMILES string of the molecule is CCN(C)C(=O)C1CC(=O)N(c2cc(OC)ccc2OC)C1. The molecule has 0 N–H and O–H groups in total. The van der Waals surface area contributed by atoms with Crippen molar-refractivity contribution in [2.24, 2.45) is 5.92 Å². The zero-order valence-electron chi connectivity index (χ0n) is 13.5. The van der Waals surface area contributed by atoms with E-state index in [1.807, 2.05) is 6.92 Å². The second kappa shape index (κ2) is 6.68. The number of rotatable bonds is 5. The summed E-state index contributed by atoms with van der Waals surface area (Å²) < 4.78 is 10.5. The lowest BCUT2D eigenvalue weighted by Gasteiger charge is -2.21. The summed E-state index contributed by atoms with van der Waals surface area (Å²) in [7, 11) is 4.88. The molecule has 1 aromatic carbocycles. The minimum atomic E-state index is -0.312. The molecule has 6 heteroatoms. The van der Waals surface area contributed by atoms with Gasteiger partial charge >= 0.3 is 0 Å². The van der Waals surface area contributed by atoms with Gasteiger partial charge in [0.15, 0.2) is 0 Å². The van der Waals surface area contributed by atoms with E-state index in [0.29, 0.717) is 30.3 Å². The maximum Gasteiger partial charge on any atom is 0.227 e. The van der Waals surface area contributed by atoms with E-state index < -0.39 is 0 Å². The summed E-state index contributed by atoms with van der Waals surface area (Å²) in [4.78, 5) is 27.8. The smallest absolute Gasteiger partial charge is 0.227 e. The number of hydrogen-bond donors (Lipinski definition) is 0. The lowest BCUT2D eigenvalue weighted by molar-refractivity contribution is -0.134. The van der Waals surface area contributed by atoms with Crippen molar-refractivity contribution in [2.45, 2.75) is 13.3 Å². The molecule has 1 atom stereocenters. The van der Waals surface area contributed by atoms with Gasteiger partial charge < -0.3 is 19.3 Å². The van der Waals surface area contributed by atoms with Crippen molar-refractivity contribution in [1.82, 2.24) is 4.90 Å². The summed E-state index contributed by atoms with van der Waals surface area (Å²) in [5.74, 6) is 0.845. The molecule has 0 saturated carbocycles. The monoisotopic (exact) mass is 306 g/mol. The first-order valence-corrected chi connectivity index (χ1v) is 7.29. The molecule has 0 radical (unpaired) electrons. The van der Waals surface area contributed by atoms with E-state index in [2.05, 4.69) is 0 Å². The Kier molecular flexibility index (Phi) is 4.90. The van der Waals surface area contributed by atoms with E-state index >= 15 is 0 Å². The molecule has 0 bridgehead atoms. The van der Waals surface area contributed by atoms with E-state index in [1.54, 1.807) is 49.3 Å². The summed E-state index contributed by atoms with van der Waals surface area (Å²) in [6.45, 7) is 2.91. The molecule has 120 valence electrons. The van der Waals surface area contributed by atoms with Crippen molar-refractivity contribution in [3.8, 4) is 11.5 Å². The fourth-order valence-corrected chi connectivity index (χ4v) is 2.58. The summed E-state index contributed by atoms with van der Waals surface area (Å²) in [6.07, 6.45) is 0.226. The number of hydrogen-bond acceptors (Lipinski definition) is 4. The lowest BCUT2D eigenvalue weighted by atomic mass is 10.1. The van der Waals surface area contributed by atoms with Crippen molar-refractivity contribution < 1.29 is 19.1 Å². The van der Waals surface area contributed by atoms with Gasteiger partial charge in [0.1, 0.15) is 11.5 Å². The highest BCUT2D eigenvalue weighted by molar-refractivity contribution is 6.01. The molecule has 0 spiro atoms. The first-order valence-electron chi connectivity index (χ1n) is 7.29. The normalized spacial score (nSPS) is 17.5. The van der Waals surface area contributed by atoms with Crippen LogP contribution >= 0.6 is 0 Å². The molecule has 1 heterocycles. The third-order valence-corrected chi connectivity index (χ3v) is 4.00. The molecule has 1 aromatic rings. The molecule has 2 amide bonds. The maximum atomic E-state index is 12.3. The van der Waals surface area contributed by atoms with E-state index in [1.165, 1.54) is 0 Å². The van der Waals surface area contributed by atoms with Gasteiger partial charge in [-0.05, 0) is 19.1 Å². The van der Waals surface area contributed by atoms with Crippen molar-refractivity contribution in [2.75, 3.05) is 39.3 Å².